The zero-order valence-corrected chi connectivity index (χ0v) is 12.9. The Morgan fingerprint density at radius 3 is 2.90 bits per heavy atom. The molecule has 21 heavy (non-hydrogen) atoms. The topological polar surface area (TPSA) is 59.8 Å². The van der Waals surface area contributed by atoms with Crippen molar-refractivity contribution in [2.24, 2.45) is 0 Å². The van der Waals surface area contributed by atoms with E-state index in [1.807, 2.05) is 6.92 Å². The summed E-state index contributed by atoms with van der Waals surface area (Å²) in [6.45, 7) is 2.80. The van der Waals surface area contributed by atoms with Gasteiger partial charge in [0.05, 0.1) is 16.1 Å². The maximum atomic E-state index is 12.2. The summed E-state index contributed by atoms with van der Waals surface area (Å²) in [7, 11) is 0. The average Bonchev–Trinajstić information content (AvgIpc) is 3.04. The van der Waals surface area contributed by atoms with Gasteiger partial charge in [-0.25, -0.2) is 0 Å². The van der Waals surface area contributed by atoms with Gasteiger partial charge in [-0.3, -0.25) is 4.79 Å². The molecular formula is C14H14Cl2N4O. The molecule has 1 atom stereocenters. The van der Waals surface area contributed by atoms with Crippen molar-refractivity contribution in [1.82, 2.24) is 20.1 Å². The minimum atomic E-state index is -0.216. The molecule has 0 saturated carbocycles. The van der Waals surface area contributed by atoms with E-state index in [0.29, 0.717) is 15.6 Å². The van der Waals surface area contributed by atoms with Gasteiger partial charge in [0.25, 0.3) is 5.91 Å². The van der Waals surface area contributed by atoms with Crippen molar-refractivity contribution in [3.05, 3.63) is 45.5 Å². The highest BCUT2D eigenvalue weighted by atomic mass is 35.5. The van der Waals surface area contributed by atoms with Gasteiger partial charge in [-0.2, -0.15) is 0 Å². The Morgan fingerprint density at radius 2 is 2.14 bits per heavy atom. The summed E-state index contributed by atoms with van der Waals surface area (Å²) in [4.78, 5) is 12.2. The molecule has 0 radical (unpaired) electrons. The number of rotatable bonds is 3. The first kappa shape index (κ1) is 14.4. The summed E-state index contributed by atoms with van der Waals surface area (Å²) in [6.07, 6.45) is 2.02. The van der Waals surface area contributed by atoms with E-state index >= 15 is 0 Å². The Morgan fingerprint density at radius 1 is 1.33 bits per heavy atom. The van der Waals surface area contributed by atoms with Gasteiger partial charge in [-0.05, 0) is 31.5 Å². The molecule has 3 rings (SSSR count). The van der Waals surface area contributed by atoms with E-state index in [1.165, 1.54) is 0 Å². The van der Waals surface area contributed by atoms with Crippen molar-refractivity contribution in [1.29, 1.82) is 0 Å². The molecule has 0 spiro atoms. The lowest BCUT2D eigenvalue weighted by Crippen LogP contribution is -2.28. The van der Waals surface area contributed by atoms with Crippen molar-refractivity contribution >= 4 is 29.1 Å². The molecule has 110 valence electrons. The van der Waals surface area contributed by atoms with E-state index in [9.17, 15) is 4.79 Å². The van der Waals surface area contributed by atoms with Crippen LogP contribution in [0, 0.1) is 0 Å². The van der Waals surface area contributed by atoms with Crippen molar-refractivity contribution in [2.75, 3.05) is 0 Å². The van der Waals surface area contributed by atoms with Crippen LogP contribution in [-0.2, 0) is 13.0 Å². The first-order valence-electron chi connectivity index (χ1n) is 6.74. The monoisotopic (exact) mass is 324 g/mol. The number of nitrogens with one attached hydrogen (secondary N) is 1. The quantitative estimate of drug-likeness (QED) is 0.944. The van der Waals surface area contributed by atoms with Crippen LogP contribution < -0.4 is 5.32 Å². The van der Waals surface area contributed by atoms with Gasteiger partial charge in [-0.1, -0.05) is 23.2 Å². The second-order valence-corrected chi connectivity index (χ2v) is 5.87. The molecule has 1 unspecified atom stereocenters. The fourth-order valence-electron chi connectivity index (χ4n) is 2.48. The van der Waals surface area contributed by atoms with E-state index in [0.717, 1.165) is 31.0 Å². The number of aryl methyl sites for hydroxylation is 1. The number of fused-ring (bicyclic) bond motifs is 1. The van der Waals surface area contributed by atoms with Crippen LogP contribution in [0.5, 0.6) is 0 Å². The standard InChI is InChI=1S/C14H14Cl2N4O/c1-8(13-19-18-12-3-2-6-20(12)13)17-14(21)9-4-5-10(15)11(16)7-9/h4-5,7-8H,2-3,6H2,1H3,(H,17,21). The predicted molar refractivity (Wildman–Crippen MR) is 80.7 cm³/mol. The van der Waals surface area contributed by atoms with Gasteiger partial charge in [-0.15, -0.1) is 10.2 Å². The maximum absolute atomic E-state index is 12.2. The minimum absolute atomic E-state index is 0.212. The Labute approximate surface area is 132 Å². The summed E-state index contributed by atoms with van der Waals surface area (Å²) in [6, 6.07) is 4.59. The number of aromatic nitrogens is 3. The highest BCUT2D eigenvalue weighted by molar-refractivity contribution is 6.42. The number of hydrogen-bond donors (Lipinski definition) is 1. The highest BCUT2D eigenvalue weighted by Gasteiger charge is 2.22. The predicted octanol–water partition coefficient (Wildman–Crippen LogP) is 3.02. The van der Waals surface area contributed by atoms with Crippen LogP contribution in [0.3, 0.4) is 0 Å². The first-order valence-corrected chi connectivity index (χ1v) is 7.49. The summed E-state index contributed by atoms with van der Waals surface area (Å²) < 4.78 is 2.07. The molecule has 0 saturated heterocycles. The Balaban J connectivity index is 1.76. The van der Waals surface area contributed by atoms with Crippen LogP contribution in [0.25, 0.3) is 0 Å². The van der Waals surface area contributed by atoms with Gasteiger partial charge in [0.1, 0.15) is 5.82 Å². The number of amides is 1. The average molecular weight is 325 g/mol. The smallest absolute Gasteiger partial charge is 0.251 e. The molecule has 7 heteroatoms. The number of hydrogen-bond acceptors (Lipinski definition) is 3. The number of nitrogens with zero attached hydrogens (tertiary/aromatic N) is 3. The van der Waals surface area contributed by atoms with Crippen molar-refractivity contribution in [3.63, 3.8) is 0 Å². The van der Waals surface area contributed by atoms with Gasteiger partial charge >= 0.3 is 0 Å². The van der Waals surface area contributed by atoms with Crippen LogP contribution in [0.2, 0.25) is 10.0 Å². The molecule has 0 fully saturated rings. The molecule has 1 aromatic carbocycles. The third kappa shape index (κ3) is 2.76. The van der Waals surface area contributed by atoms with Crippen LogP contribution in [0.4, 0.5) is 0 Å². The van der Waals surface area contributed by atoms with Crippen molar-refractivity contribution < 1.29 is 4.79 Å². The molecule has 1 aliphatic heterocycles. The van der Waals surface area contributed by atoms with E-state index < -0.39 is 0 Å². The van der Waals surface area contributed by atoms with E-state index in [1.54, 1.807) is 18.2 Å². The van der Waals surface area contributed by atoms with E-state index in [-0.39, 0.29) is 11.9 Å². The first-order chi connectivity index (χ1) is 10.1. The van der Waals surface area contributed by atoms with Gasteiger partial charge in [0.15, 0.2) is 5.82 Å². The molecule has 2 aromatic rings. The van der Waals surface area contributed by atoms with Crippen LogP contribution in [0.15, 0.2) is 18.2 Å². The summed E-state index contributed by atoms with van der Waals surface area (Å²) in [5.41, 5.74) is 0.470. The lowest BCUT2D eigenvalue weighted by molar-refractivity contribution is 0.0937. The SMILES string of the molecule is CC(NC(=O)c1ccc(Cl)c(Cl)c1)c1nnc2n1CCC2. The van der Waals surface area contributed by atoms with Gasteiger partial charge in [0.2, 0.25) is 0 Å². The Hall–Kier alpha value is -1.59. The number of carbonyl (C=O) groups excluding carboxylic acids is 1. The molecule has 1 aliphatic rings. The molecule has 1 amide bonds. The van der Waals surface area contributed by atoms with Gasteiger partial charge < -0.3 is 9.88 Å². The fraction of sp³-hybridized carbons (Fsp3) is 0.357. The lowest BCUT2D eigenvalue weighted by Gasteiger charge is -2.14. The minimum Gasteiger partial charge on any atom is -0.342 e. The third-order valence-corrected chi connectivity index (χ3v) is 4.29. The third-order valence-electron chi connectivity index (χ3n) is 3.55. The van der Waals surface area contributed by atoms with E-state index in [4.69, 9.17) is 23.2 Å². The molecule has 5 nitrogen and oxygen atoms in total. The summed E-state index contributed by atoms with van der Waals surface area (Å²) in [5, 5.41) is 12.0. The number of halogens is 2. The molecule has 1 N–H and O–H groups in total. The fourth-order valence-corrected chi connectivity index (χ4v) is 2.77. The molecule has 0 aliphatic carbocycles. The zero-order chi connectivity index (χ0) is 15.0. The van der Waals surface area contributed by atoms with Crippen molar-refractivity contribution in [2.45, 2.75) is 32.4 Å². The molecular weight excluding hydrogens is 311 g/mol. The van der Waals surface area contributed by atoms with E-state index in [2.05, 4.69) is 20.1 Å². The maximum Gasteiger partial charge on any atom is 0.251 e. The lowest BCUT2D eigenvalue weighted by atomic mass is 10.2. The van der Waals surface area contributed by atoms with Crippen LogP contribution in [-0.4, -0.2) is 20.7 Å². The van der Waals surface area contributed by atoms with Gasteiger partial charge in [0, 0.05) is 18.5 Å². The van der Waals surface area contributed by atoms with Crippen molar-refractivity contribution in [3.8, 4) is 0 Å². The number of benzene rings is 1. The normalized spacial score (nSPS) is 14.8. The summed E-state index contributed by atoms with van der Waals surface area (Å²) >= 11 is 11.8. The molecule has 2 heterocycles. The summed E-state index contributed by atoms with van der Waals surface area (Å²) in [5.74, 6) is 1.56. The number of carbonyl (C=O) groups is 1. The zero-order valence-electron chi connectivity index (χ0n) is 11.4. The largest absolute Gasteiger partial charge is 0.342 e. The second kappa shape index (κ2) is 5.66. The Bertz CT molecular complexity index is 698. The second-order valence-electron chi connectivity index (χ2n) is 5.05. The Kier molecular flexibility index (Phi) is 3.87. The molecule has 0 bridgehead atoms. The van der Waals surface area contributed by atoms with Crippen LogP contribution in [0.1, 0.15) is 41.4 Å². The highest BCUT2D eigenvalue weighted by Crippen LogP contribution is 2.23. The van der Waals surface area contributed by atoms with Crippen LogP contribution >= 0.6 is 23.2 Å². The molecule has 1 aromatic heterocycles.